The number of nitrogens with zero attached hydrogens (tertiary/aromatic N) is 1. The second-order valence-electron chi connectivity index (χ2n) is 2.72. The van der Waals surface area contributed by atoms with Crippen molar-refractivity contribution in [1.82, 2.24) is 10.4 Å². The van der Waals surface area contributed by atoms with E-state index in [0.29, 0.717) is 11.5 Å². The first-order chi connectivity index (χ1) is 6.11. The molecule has 5 nitrogen and oxygen atoms in total. The summed E-state index contributed by atoms with van der Waals surface area (Å²) >= 11 is 0. The molecule has 1 aliphatic rings. The van der Waals surface area contributed by atoms with E-state index in [1.807, 2.05) is 6.92 Å². The lowest BCUT2D eigenvalue weighted by molar-refractivity contribution is -0.169. The van der Waals surface area contributed by atoms with Crippen molar-refractivity contribution < 1.29 is 14.4 Å². The van der Waals surface area contributed by atoms with Crippen LogP contribution in [0.3, 0.4) is 0 Å². The fraction of sp³-hybridized carbons (Fsp3) is 0.625. The van der Waals surface area contributed by atoms with Crippen molar-refractivity contribution in [2.75, 3.05) is 14.2 Å². The van der Waals surface area contributed by atoms with Gasteiger partial charge < -0.3 is 10.1 Å². The first kappa shape index (κ1) is 9.85. The quantitative estimate of drug-likeness (QED) is 0.669. The number of ether oxygens (including phenoxy) is 1. The Bertz CT molecular complexity index is 250. The Kier molecular flexibility index (Phi) is 2.77. The van der Waals surface area contributed by atoms with Crippen LogP contribution in [-0.2, 0) is 14.4 Å². The van der Waals surface area contributed by atoms with E-state index in [1.165, 1.54) is 7.11 Å². The van der Waals surface area contributed by atoms with E-state index in [2.05, 4.69) is 5.32 Å². The topological polar surface area (TPSA) is 50.8 Å². The molecule has 0 spiro atoms. The summed E-state index contributed by atoms with van der Waals surface area (Å²) in [5.74, 6) is 0.0840. The zero-order valence-electron chi connectivity index (χ0n) is 8.25. The van der Waals surface area contributed by atoms with Gasteiger partial charge in [-0.3, -0.25) is 9.63 Å². The summed E-state index contributed by atoms with van der Waals surface area (Å²) in [6.45, 7) is 3.58. The third-order valence-corrected chi connectivity index (χ3v) is 1.91. The Morgan fingerprint density at radius 3 is 2.69 bits per heavy atom. The number of allylic oxidation sites excluding steroid dienone is 1. The molecule has 1 atom stereocenters. The molecule has 0 aliphatic carbocycles. The van der Waals surface area contributed by atoms with Gasteiger partial charge in [0.05, 0.1) is 12.8 Å². The van der Waals surface area contributed by atoms with Gasteiger partial charge in [-0.1, -0.05) is 0 Å². The number of hydrogen-bond donors (Lipinski definition) is 1. The maximum atomic E-state index is 11.3. The summed E-state index contributed by atoms with van der Waals surface area (Å²) in [6.07, 6.45) is -0.253. The zero-order valence-corrected chi connectivity index (χ0v) is 8.25. The highest BCUT2D eigenvalue weighted by Crippen LogP contribution is 2.24. The molecule has 13 heavy (non-hydrogen) atoms. The lowest BCUT2D eigenvalue weighted by Gasteiger charge is -2.19. The van der Waals surface area contributed by atoms with Gasteiger partial charge in [0.15, 0.2) is 6.23 Å². The highest BCUT2D eigenvalue weighted by Gasteiger charge is 2.31. The molecule has 1 heterocycles. The molecule has 0 aromatic heterocycles. The van der Waals surface area contributed by atoms with Gasteiger partial charge in [-0.2, -0.15) is 0 Å². The molecule has 1 rings (SSSR count). The fourth-order valence-electron chi connectivity index (χ4n) is 1.29. The van der Waals surface area contributed by atoms with E-state index in [-0.39, 0.29) is 12.1 Å². The van der Waals surface area contributed by atoms with Crippen LogP contribution >= 0.6 is 0 Å². The van der Waals surface area contributed by atoms with Crippen molar-refractivity contribution in [2.45, 2.75) is 20.1 Å². The first-order valence-electron chi connectivity index (χ1n) is 4.04. The molecule has 0 radical (unpaired) electrons. The van der Waals surface area contributed by atoms with E-state index in [9.17, 15) is 4.79 Å². The first-order valence-corrected chi connectivity index (χ1v) is 4.04. The Morgan fingerprint density at radius 1 is 1.69 bits per heavy atom. The third kappa shape index (κ3) is 1.60. The molecule has 1 unspecified atom stereocenters. The average Bonchev–Trinajstić information content (AvgIpc) is 2.40. The van der Waals surface area contributed by atoms with Gasteiger partial charge in [-0.25, -0.2) is 5.06 Å². The number of carbonyl (C=O) groups excluding carboxylic acids is 1. The molecule has 0 saturated carbocycles. The second-order valence-corrected chi connectivity index (χ2v) is 2.72. The van der Waals surface area contributed by atoms with Crippen molar-refractivity contribution >= 4 is 5.91 Å². The minimum atomic E-state index is -0.253. The number of hydrogen-bond acceptors (Lipinski definition) is 4. The smallest absolute Gasteiger partial charge is 0.288 e. The zero-order chi connectivity index (χ0) is 10.0. The van der Waals surface area contributed by atoms with Gasteiger partial charge in [0, 0.05) is 7.05 Å². The van der Waals surface area contributed by atoms with Crippen molar-refractivity contribution in [3.05, 3.63) is 11.5 Å². The minimum Gasteiger partial charge on any atom is -0.461 e. The van der Waals surface area contributed by atoms with Gasteiger partial charge in [0.2, 0.25) is 5.76 Å². The van der Waals surface area contributed by atoms with E-state index < -0.39 is 0 Å². The molecule has 74 valence electrons. The monoisotopic (exact) mass is 186 g/mol. The molecular weight excluding hydrogens is 172 g/mol. The van der Waals surface area contributed by atoms with Crippen LogP contribution in [0.4, 0.5) is 0 Å². The summed E-state index contributed by atoms with van der Waals surface area (Å²) in [5.41, 5.74) is 0.689. The van der Waals surface area contributed by atoms with Crippen molar-refractivity contribution in [3.8, 4) is 0 Å². The standard InChI is InChI=1S/C8H14N2O3/c1-5-7(8(11)9-3)13-6(2)10(5)12-4/h6H,1-4H3,(H,9,11). The van der Waals surface area contributed by atoms with Gasteiger partial charge in [-0.15, -0.1) is 0 Å². The Labute approximate surface area is 77.3 Å². The van der Waals surface area contributed by atoms with Gasteiger partial charge in [0.1, 0.15) is 0 Å². The van der Waals surface area contributed by atoms with E-state index in [4.69, 9.17) is 9.57 Å². The highest BCUT2D eigenvalue weighted by molar-refractivity contribution is 5.92. The van der Waals surface area contributed by atoms with Gasteiger partial charge in [-0.05, 0) is 13.8 Å². The van der Waals surface area contributed by atoms with Crippen molar-refractivity contribution in [3.63, 3.8) is 0 Å². The molecule has 0 saturated heterocycles. The molecule has 0 fully saturated rings. The maximum Gasteiger partial charge on any atom is 0.288 e. The molecule has 0 bridgehead atoms. The van der Waals surface area contributed by atoms with Crippen LogP contribution in [0.5, 0.6) is 0 Å². The number of hydroxylamine groups is 2. The van der Waals surface area contributed by atoms with Crippen molar-refractivity contribution in [1.29, 1.82) is 0 Å². The Hall–Kier alpha value is -1.23. The summed E-state index contributed by atoms with van der Waals surface area (Å²) in [7, 11) is 3.10. The lowest BCUT2D eigenvalue weighted by Crippen LogP contribution is -2.26. The second kappa shape index (κ2) is 3.66. The lowest BCUT2D eigenvalue weighted by atomic mass is 10.4. The number of rotatable bonds is 2. The molecule has 0 aromatic rings. The highest BCUT2D eigenvalue weighted by atomic mass is 16.7. The van der Waals surface area contributed by atoms with Crippen LogP contribution < -0.4 is 5.32 Å². The predicted octanol–water partition coefficient (Wildman–Crippen LogP) is 0.203. The molecule has 1 amide bonds. The molecule has 5 heteroatoms. The number of nitrogens with one attached hydrogen (secondary N) is 1. The SMILES string of the molecule is CNC(=O)C1=C(C)N(OC)C(C)O1. The predicted molar refractivity (Wildman–Crippen MR) is 46.2 cm³/mol. The number of amides is 1. The number of likely N-dealkylation sites (N-methyl/N-ethyl adjacent to an activating group) is 1. The molecule has 0 aromatic carbocycles. The summed E-state index contributed by atoms with van der Waals surface area (Å²) in [4.78, 5) is 16.3. The maximum absolute atomic E-state index is 11.3. The molecule has 1 N–H and O–H groups in total. The van der Waals surface area contributed by atoms with Gasteiger partial charge in [0.25, 0.3) is 5.91 Å². The Balaban J connectivity index is 2.86. The van der Waals surface area contributed by atoms with Crippen LogP contribution in [0.1, 0.15) is 13.8 Å². The van der Waals surface area contributed by atoms with E-state index >= 15 is 0 Å². The molecule has 1 aliphatic heterocycles. The minimum absolute atomic E-state index is 0.232. The summed E-state index contributed by atoms with van der Waals surface area (Å²) in [6, 6.07) is 0. The molecular formula is C8H14N2O3. The van der Waals surface area contributed by atoms with Crippen LogP contribution in [0.15, 0.2) is 11.5 Å². The van der Waals surface area contributed by atoms with E-state index in [1.54, 1.807) is 19.0 Å². The van der Waals surface area contributed by atoms with Crippen LogP contribution in [0.25, 0.3) is 0 Å². The normalized spacial score (nSPS) is 21.8. The van der Waals surface area contributed by atoms with Crippen LogP contribution in [-0.4, -0.2) is 31.4 Å². The van der Waals surface area contributed by atoms with Gasteiger partial charge >= 0.3 is 0 Å². The fourth-order valence-corrected chi connectivity index (χ4v) is 1.29. The number of carbonyl (C=O) groups is 1. The van der Waals surface area contributed by atoms with Crippen LogP contribution in [0, 0.1) is 0 Å². The average molecular weight is 186 g/mol. The third-order valence-electron chi connectivity index (χ3n) is 1.91. The van der Waals surface area contributed by atoms with Crippen molar-refractivity contribution in [2.24, 2.45) is 0 Å². The van der Waals surface area contributed by atoms with E-state index in [0.717, 1.165) is 0 Å². The largest absolute Gasteiger partial charge is 0.461 e. The summed E-state index contributed by atoms with van der Waals surface area (Å²) in [5, 5.41) is 4.04. The van der Waals surface area contributed by atoms with Crippen LogP contribution in [0.2, 0.25) is 0 Å². The summed E-state index contributed by atoms with van der Waals surface area (Å²) < 4.78 is 5.30. The Morgan fingerprint density at radius 2 is 2.31 bits per heavy atom.